The summed E-state index contributed by atoms with van der Waals surface area (Å²) in [5, 5.41) is 12.0. The number of carbonyl (C=O) groups excluding carboxylic acids is 1. The van der Waals surface area contributed by atoms with Gasteiger partial charge < -0.3 is 15.3 Å². The van der Waals surface area contributed by atoms with E-state index in [9.17, 15) is 9.59 Å². The predicted molar refractivity (Wildman–Crippen MR) is 71.9 cm³/mol. The first-order valence-electron chi connectivity index (χ1n) is 7.35. The minimum Gasteiger partial charge on any atom is -0.480 e. The minimum absolute atomic E-state index is 0.205. The first-order chi connectivity index (χ1) is 9.08. The molecule has 1 saturated heterocycles. The lowest BCUT2D eigenvalue weighted by Gasteiger charge is -2.28. The fourth-order valence-corrected chi connectivity index (χ4v) is 3.34. The van der Waals surface area contributed by atoms with Gasteiger partial charge in [0.25, 0.3) is 0 Å². The summed E-state index contributed by atoms with van der Waals surface area (Å²) in [5.41, 5.74) is 0. The zero-order chi connectivity index (χ0) is 13.8. The highest BCUT2D eigenvalue weighted by atomic mass is 16.4. The average Bonchev–Trinajstić information content (AvgIpc) is 2.85. The van der Waals surface area contributed by atoms with Gasteiger partial charge in [-0.1, -0.05) is 19.8 Å². The molecular formula is C14H24N2O3. The highest BCUT2D eigenvalue weighted by molar-refractivity contribution is 5.83. The number of carboxylic acids is 1. The van der Waals surface area contributed by atoms with Gasteiger partial charge in [0.1, 0.15) is 6.04 Å². The second-order valence-electron chi connectivity index (χ2n) is 6.01. The monoisotopic (exact) mass is 268 g/mol. The number of nitrogens with zero attached hydrogens (tertiary/aromatic N) is 1. The highest BCUT2D eigenvalue weighted by Crippen LogP contribution is 2.28. The van der Waals surface area contributed by atoms with Crippen molar-refractivity contribution < 1.29 is 14.7 Å². The molecule has 1 aliphatic carbocycles. The van der Waals surface area contributed by atoms with Crippen molar-refractivity contribution in [2.45, 2.75) is 51.5 Å². The quantitative estimate of drug-likeness (QED) is 0.823. The zero-order valence-electron chi connectivity index (χ0n) is 11.6. The van der Waals surface area contributed by atoms with E-state index in [1.165, 1.54) is 30.6 Å². The summed E-state index contributed by atoms with van der Waals surface area (Å²) < 4.78 is 0. The standard InChI is InChI=1S/C14H24N2O3/c1-10-4-2-5-11(8-10)9-15-14(19)16-7-3-6-12(16)13(17)18/h10-12H,2-9H2,1H3,(H,15,19)(H,17,18). The third-order valence-corrected chi connectivity index (χ3v) is 4.39. The van der Waals surface area contributed by atoms with Crippen LogP contribution in [0.25, 0.3) is 0 Å². The lowest BCUT2D eigenvalue weighted by Crippen LogP contribution is -2.47. The van der Waals surface area contributed by atoms with Crippen LogP contribution in [0.2, 0.25) is 0 Å². The third-order valence-electron chi connectivity index (χ3n) is 4.39. The van der Waals surface area contributed by atoms with Crippen molar-refractivity contribution in [2.24, 2.45) is 11.8 Å². The maximum Gasteiger partial charge on any atom is 0.326 e. The molecule has 5 nitrogen and oxygen atoms in total. The number of rotatable bonds is 3. The summed E-state index contributed by atoms with van der Waals surface area (Å²) in [6.45, 7) is 3.50. The van der Waals surface area contributed by atoms with Crippen molar-refractivity contribution in [1.82, 2.24) is 10.2 Å². The van der Waals surface area contributed by atoms with Gasteiger partial charge in [-0.3, -0.25) is 0 Å². The molecule has 0 radical (unpaired) electrons. The fourth-order valence-electron chi connectivity index (χ4n) is 3.34. The van der Waals surface area contributed by atoms with Gasteiger partial charge in [-0.25, -0.2) is 9.59 Å². The maximum absolute atomic E-state index is 12.0. The summed E-state index contributed by atoms with van der Waals surface area (Å²) in [4.78, 5) is 24.5. The second kappa shape index (κ2) is 6.26. The van der Waals surface area contributed by atoms with Gasteiger partial charge in [-0.2, -0.15) is 0 Å². The van der Waals surface area contributed by atoms with Gasteiger partial charge in [0.15, 0.2) is 0 Å². The molecule has 5 heteroatoms. The summed E-state index contributed by atoms with van der Waals surface area (Å²) in [6.07, 6.45) is 6.23. The molecular weight excluding hydrogens is 244 g/mol. The van der Waals surface area contributed by atoms with Crippen molar-refractivity contribution in [3.05, 3.63) is 0 Å². The number of carboxylic acid groups (broad SMARTS) is 1. The molecule has 1 aliphatic heterocycles. The highest BCUT2D eigenvalue weighted by Gasteiger charge is 2.34. The molecule has 2 amide bonds. The number of aliphatic carboxylic acids is 1. The van der Waals surface area contributed by atoms with E-state index in [1.54, 1.807) is 0 Å². The van der Waals surface area contributed by atoms with Crippen LogP contribution < -0.4 is 5.32 Å². The number of nitrogens with one attached hydrogen (secondary N) is 1. The molecule has 1 heterocycles. The van der Waals surface area contributed by atoms with Crippen LogP contribution in [0.3, 0.4) is 0 Å². The van der Waals surface area contributed by atoms with Gasteiger partial charge >= 0.3 is 12.0 Å². The molecule has 0 aromatic carbocycles. The van der Waals surface area contributed by atoms with E-state index in [2.05, 4.69) is 12.2 Å². The Morgan fingerprint density at radius 3 is 2.74 bits per heavy atom. The Morgan fingerprint density at radius 1 is 1.26 bits per heavy atom. The molecule has 3 unspecified atom stereocenters. The van der Waals surface area contributed by atoms with Crippen molar-refractivity contribution >= 4 is 12.0 Å². The Hall–Kier alpha value is -1.26. The van der Waals surface area contributed by atoms with E-state index < -0.39 is 12.0 Å². The summed E-state index contributed by atoms with van der Waals surface area (Å²) in [5.74, 6) is 0.409. The van der Waals surface area contributed by atoms with Crippen LogP contribution in [0.5, 0.6) is 0 Å². The maximum atomic E-state index is 12.0. The second-order valence-corrected chi connectivity index (χ2v) is 6.01. The van der Waals surface area contributed by atoms with Crippen LogP contribution in [-0.2, 0) is 4.79 Å². The number of hydrogen-bond donors (Lipinski definition) is 2. The Labute approximate surface area is 114 Å². The van der Waals surface area contributed by atoms with Crippen molar-refractivity contribution in [3.63, 3.8) is 0 Å². The Bertz CT molecular complexity index is 346. The van der Waals surface area contributed by atoms with Gasteiger partial charge in [0.2, 0.25) is 0 Å². The third kappa shape index (κ3) is 3.61. The van der Waals surface area contributed by atoms with E-state index in [0.29, 0.717) is 25.4 Å². The minimum atomic E-state index is -0.890. The Morgan fingerprint density at radius 2 is 2.05 bits per heavy atom. The van der Waals surface area contributed by atoms with Crippen LogP contribution >= 0.6 is 0 Å². The largest absolute Gasteiger partial charge is 0.480 e. The van der Waals surface area contributed by atoms with Crippen LogP contribution in [0, 0.1) is 11.8 Å². The topological polar surface area (TPSA) is 69.6 Å². The van der Waals surface area contributed by atoms with Crippen molar-refractivity contribution in [2.75, 3.05) is 13.1 Å². The molecule has 0 bridgehead atoms. The smallest absolute Gasteiger partial charge is 0.326 e. The van der Waals surface area contributed by atoms with Crippen molar-refractivity contribution in [1.29, 1.82) is 0 Å². The van der Waals surface area contributed by atoms with E-state index in [4.69, 9.17) is 5.11 Å². The molecule has 0 aromatic rings. The van der Waals surface area contributed by atoms with Crippen LogP contribution in [0.1, 0.15) is 45.4 Å². The molecule has 0 spiro atoms. The molecule has 2 rings (SSSR count). The number of amides is 2. The molecule has 3 atom stereocenters. The molecule has 2 aliphatic rings. The molecule has 2 fully saturated rings. The average molecular weight is 268 g/mol. The SMILES string of the molecule is CC1CCCC(CNC(=O)N2CCCC2C(=O)O)C1. The van der Waals surface area contributed by atoms with E-state index in [-0.39, 0.29) is 6.03 Å². The van der Waals surface area contributed by atoms with Crippen LogP contribution in [0.15, 0.2) is 0 Å². The normalized spacial score (nSPS) is 31.2. The molecule has 1 saturated carbocycles. The zero-order valence-corrected chi connectivity index (χ0v) is 11.6. The molecule has 19 heavy (non-hydrogen) atoms. The lowest BCUT2D eigenvalue weighted by molar-refractivity contribution is -0.141. The predicted octanol–water partition coefficient (Wildman–Crippen LogP) is 2.07. The first kappa shape index (κ1) is 14.2. The lowest BCUT2D eigenvalue weighted by atomic mass is 9.82. The van der Waals surface area contributed by atoms with Crippen LogP contribution in [-0.4, -0.2) is 41.1 Å². The van der Waals surface area contributed by atoms with Gasteiger partial charge in [-0.05, 0) is 37.5 Å². The van der Waals surface area contributed by atoms with E-state index in [0.717, 1.165) is 12.3 Å². The molecule has 108 valence electrons. The Kier molecular flexibility index (Phi) is 4.66. The molecule has 2 N–H and O–H groups in total. The summed E-state index contributed by atoms with van der Waals surface area (Å²) in [7, 11) is 0. The van der Waals surface area contributed by atoms with E-state index in [1.807, 2.05) is 0 Å². The first-order valence-corrected chi connectivity index (χ1v) is 7.35. The Balaban J connectivity index is 1.79. The molecule has 0 aromatic heterocycles. The number of carbonyl (C=O) groups is 2. The number of urea groups is 1. The van der Waals surface area contributed by atoms with E-state index >= 15 is 0 Å². The number of hydrogen-bond acceptors (Lipinski definition) is 2. The summed E-state index contributed by atoms with van der Waals surface area (Å²) in [6, 6.07) is -0.839. The number of likely N-dealkylation sites (tertiary alicyclic amines) is 1. The van der Waals surface area contributed by atoms with Gasteiger partial charge in [-0.15, -0.1) is 0 Å². The van der Waals surface area contributed by atoms with Crippen molar-refractivity contribution in [3.8, 4) is 0 Å². The van der Waals surface area contributed by atoms with Gasteiger partial charge in [0.05, 0.1) is 0 Å². The van der Waals surface area contributed by atoms with Gasteiger partial charge in [0, 0.05) is 13.1 Å². The fraction of sp³-hybridized carbons (Fsp3) is 0.857. The summed E-state index contributed by atoms with van der Waals surface area (Å²) >= 11 is 0. The van der Waals surface area contributed by atoms with Crippen LogP contribution in [0.4, 0.5) is 4.79 Å².